The molecule has 0 saturated heterocycles. The number of rotatable bonds is 9. The van der Waals surface area contributed by atoms with E-state index in [1.807, 2.05) is 6.92 Å². The summed E-state index contributed by atoms with van der Waals surface area (Å²) in [7, 11) is 0. The fourth-order valence-corrected chi connectivity index (χ4v) is 4.44. The molecule has 3 nitrogen and oxygen atoms in total. The van der Waals surface area contributed by atoms with Gasteiger partial charge in [-0.1, -0.05) is 49.4 Å². The molecular formula is C25H31NO2. The summed E-state index contributed by atoms with van der Waals surface area (Å²) in [4.78, 5) is 11.5. The third-order valence-corrected chi connectivity index (χ3v) is 6.18. The van der Waals surface area contributed by atoms with E-state index in [0.717, 1.165) is 31.6 Å². The lowest BCUT2D eigenvalue weighted by Gasteiger charge is -2.10. The van der Waals surface area contributed by atoms with Gasteiger partial charge in [-0.3, -0.25) is 4.79 Å². The van der Waals surface area contributed by atoms with Gasteiger partial charge >= 0.3 is 0 Å². The first-order valence-corrected chi connectivity index (χ1v) is 10.8. The van der Waals surface area contributed by atoms with Crippen molar-refractivity contribution in [3.05, 3.63) is 65.2 Å². The molecule has 0 aromatic heterocycles. The molecule has 3 atom stereocenters. The van der Waals surface area contributed by atoms with Gasteiger partial charge in [-0.25, -0.2) is 0 Å². The number of benzene rings is 2. The molecule has 1 aliphatic carbocycles. The molecule has 1 aliphatic heterocycles. The number of aryl methyl sites for hydroxylation is 1. The van der Waals surface area contributed by atoms with Gasteiger partial charge in [0.2, 0.25) is 5.91 Å². The van der Waals surface area contributed by atoms with E-state index >= 15 is 0 Å². The maximum atomic E-state index is 11.5. The molecule has 2 aliphatic rings. The number of ether oxygens (including phenoxy) is 1. The van der Waals surface area contributed by atoms with Gasteiger partial charge < -0.3 is 10.1 Å². The van der Waals surface area contributed by atoms with E-state index in [4.69, 9.17) is 4.74 Å². The molecule has 0 unspecified atom stereocenters. The van der Waals surface area contributed by atoms with Gasteiger partial charge in [-0.05, 0) is 61.1 Å². The van der Waals surface area contributed by atoms with E-state index in [0.29, 0.717) is 24.4 Å². The fourth-order valence-electron chi connectivity index (χ4n) is 4.44. The number of unbranched alkanes of at least 4 members (excludes halogenated alkanes) is 1. The van der Waals surface area contributed by atoms with Crippen LogP contribution >= 0.6 is 0 Å². The summed E-state index contributed by atoms with van der Waals surface area (Å²) < 4.78 is 6.26. The molecule has 1 amide bonds. The van der Waals surface area contributed by atoms with Crippen LogP contribution in [0.4, 0.5) is 0 Å². The minimum Gasteiger partial charge on any atom is -0.490 e. The smallest absolute Gasteiger partial charge is 0.219 e. The molecule has 0 bridgehead atoms. The fraction of sp³-hybridized carbons (Fsp3) is 0.480. The summed E-state index contributed by atoms with van der Waals surface area (Å²) in [5.74, 6) is 2.43. The number of amides is 1. The van der Waals surface area contributed by atoms with Crippen molar-refractivity contribution in [3.8, 4) is 5.75 Å². The van der Waals surface area contributed by atoms with Crippen LogP contribution in [0.25, 0.3) is 0 Å². The van der Waals surface area contributed by atoms with Crippen LogP contribution in [0.2, 0.25) is 0 Å². The van der Waals surface area contributed by atoms with Crippen molar-refractivity contribution in [3.63, 3.8) is 0 Å². The average molecular weight is 378 g/mol. The monoisotopic (exact) mass is 377 g/mol. The number of hydrogen-bond donors (Lipinski definition) is 1. The van der Waals surface area contributed by atoms with Gasteiger partial charge in [-0.15, -0.1) is 0 Å². The highest BCUT2D eigenvalue weighted by molar-refractivity contribution is 5.75. The van der Waals surface area contributed by atoms with Crippen LogP contribution in [0.5, 0.6) is 5.75 Å². The Balaban J connectivity index is 1.26. The van der Waals surface area contributed by atoms with E-state index in [2.05, 4.69) is 53.8 Å². The van der Waals surface area contributed by atoms with Crippen molar-refractivity contribution in [1.29, 1.82) is 0 Å². The molecule has 4 rings (SSSR count). The maximum Gasteiger partial charge on any atom is 0.219 e. The van der Waals surface area contributed by atoms with Crippen molar-refractivity contribution in [2.75, 3.05) is 6.54 Å². The van der Waals surface area contributed by atoms with Crippen LogP contribution in [0.1, 0.15) is 61.6 Å². The normalized spacial score (nSPS) is 22.4. The Kier molecular flexibility index (Phi) is 5.99. The summed E-state index contributed by atoms with van der Waals surface area (Å²) in [5.41, 5.74) is 4.31. The minimum absolute atomic E-state index is 0.155. The second-order valence-corrected chi connectivity index (χ2v) is 8.26. The Morgan fingerprint density at radius 1 is 1.11 bits per heavy atom. The van der Waals surface area contributed by atoms with Crippen LogP contribution in [0.3, 0.4) is 0 Å². The van der Waals surface area contributed by atoms with Crippen molar-refractivity contribution >= 4 is 5.91 Å². The molecule has 1 N–H and O–H groups in total. The van der Waals surface area contributed by atoms with Crippen LogP contribution in [0, 0.1) is 5.92 Å². The second kappa shape index (κ2) is 8.81. The Bertz CT molecular complexity index is 801. The highest BCUT2D eigenvalue weighted by Gasteiger charge is 2.41. The first-order chi connectivity index (χ1) is 13.7. The SMILES string of the molecule is CCC(=O)NC[C@@H]1C[C@H]1c1cccc2c1C[C@@H](CCCCc1ccccc1)O2. The van der Waals surface area contributed by atoms with Gasteiger partial charge in [0.25, 0.3) is 0 Å². The van der Waals surface area contributed by atoms with Crippen molar-refractivity contribution in [2.45, 2.75) is 63.9 Å². The Morgan fingerprint density at radius 2 is 1.96 bits per heavy atom. The third-order valence-electron chi connectivity index (χ3n) is 6.18. The molecule has 1 fully saturated rings. The Hall–Kier alpha value is -2.29. The quantitative estimate of drug-likeness (QED) is 0.622. The molecule has 2 aromatic carbocycles. The van der Waals surface area contributed by atoms with E-state index in [1.165, 1.54) is 36.0 Å². The predicted molar refractivity (Wildman–Crippen MR) is 113 cm³/mol. The van der Waals surface area contributed by atoms with E-state index in [1.54, 1.807) is 0 Å². The van der Waals surface area contributed by atoms with Crippen LogP contribution in [-0.2, 0) is 17.6 Å². The van der Waals surface area contributed by atoms with E-state index in [-0.39, 0.29) is 5.91 Å². The third kappa shape index (κ3) is 4.57. The molecule has 0 spiro atoms. The van der Waals surface area contributed by atoms with Gasteiger partial charge in [0.05, 0.1) is 0 Å². The summed E-state index contributed by atoms with van der Waals surface area (Å²) in [6, 6.07) is 17.3. The number of fused-ring (bicyclic) bond motifs is 1. The topological polar surface area (TPSA) is 38.3 Å². The minimum atomic E-state index is 0.155. The molecule has 3 heteroatoms. The van der Waals surface area contributed by atoms with Crippen molar-refractivity contribution in [1.82, 2.24) is 5.32 Å². The van der Waals surface area contributed by atoms with Gasteiger partial charge in [-0.2, -0.15) is 0 Å². The first kappa shape index (κ1) is 19.0. The van der Waals surface area contributed by atoms with Crippen LogP contribution < -0.4 is 10.1 Å². The van der Waals surface area contributed by atoms with Crippen molar-refractivity contribution < 1.29 is 9.53 Å². The zero-order valence-corrected chi connectivity index (χ0v) is 16.8. The highest BCUT2D eigenvalue weighted by Crippen LogP contribution is 2.50. The Morgan fingerprint density at radius 3 is 2.79 bits per heavy atom. The van der Waals surface area contributed by atoms with Gasteiger partial charge in [0.1, 0.15) is 11.9 Å². The number of carbonyl (C=O) groups excluding carboxylic acids is 1. The molecule has 2 aromatic rings. The van der Waals surface area contributed by atoms with Crippen LogP contribution in [0.15, 0.2) is 48.5 Å². The summed E-state index contributed by atoms with van der Waals surface area (Å²) in [6.07, 6.45) is 7.82. The average Bonchev–Trinajstić information content (AvgIpc) is 3.38. The largest absolute Gasteiger partial charge is 0.490 e. The lowest BCUT2D eigenvalue weighted by molar-refractivity contribution is -0.120. The molecular weight excluding hydrogens is 346 g/mol. The zero-order chi connectivity index (χ0) is 19.3. The standard InChI is InChI=1S/C25H31NO2/c1-2-25(27)26-17-19-15-22(19)21-13-8-14-24-23(21)16-20(28-24)12-7-6-11-18-9-4-3-5-10-18/h3-5,8-10,13-14,19-20,22H,2,6-7,11-12,15-17H2,1H3,(H,26,27)/t19-,20+,22+/m0/s1. The second-order valence-electron chi connectivity index (χ2n) is 8.26. The molecule has 1 heterocycles. The van der Waals surface area contributed by atoms with E-state index < -0.39 is 0 Å². The van der Waals surface area contributed by atoms with Gasteiger partial charge in [0, 0.05) is 24.9 Å². The number of nitrogens with one attached hydrogen (secondary N) is 1. The Labute approximate surface area is 168 Å². The van der Waals surface area contributed by atoms with Gasteiger partial charge in [0.15, 0.2) is 0 Å². The summed E-state index contributed by atoms with van der Waals surface area (Å²) >= 11 is 0. The predicted octanol–water partition coefficient (Wildman–Crippen LogP) is 5.03. The molecule has 0 radical (unpaired) electrons. The number of carbonyl (C=O) groups is 1. The lowest BCUT2D eigenvalue weighted by atomic mass is 9.96. The van der Waals surface area contributed by atoms with Crippen molar-refractivity contribution in [2.24, 2.45) is 5.92 Å². The summed E-state index contributed by atoms with van der Waals surface area (Å²) in [5, 5.41) is 3.05. The highest BCUT2D eigenvalue weighted by atomic mass is 16.5. The zero-order valence-electron chi connectivity index (χ0n) is 16.8. The number of hydrogen-bond acceptors (Lipinski definition) is 2. The molecule has 1 saturated carbocycles. The maximum absolute atomic E-state index is 11.5. The van der Waals surface area contributed by atoms with E-state index in [9.17, 15) is 4.79 Å². The lowest BCUT2D eigenvalue weighted by Crippen LogP contribution is -2.24. The molecule has 148 valence electrons. The molecule has 28 heavy (non-hydrogen) atoms. The van der Waals surface area contributed by atoms with Crippen LogP contribution in [-0.4, -0.2) is 18.6 Å². The first-order valence-electron chi connectivity index (χ1n) is 10.8. The summed E-state index contributed by atoms with van der Waals surface area (Å²) in [6.45, 7) is 2.71.